The monoisotopic (exact) mass is 292 g/mol. The molecule has 1 aromatic rings. The fraction of sp³-hybridized carbons (Fsp3) is 0.0909. The van der Waals surface area contributed by atoms with Crippen molar-refractivity contribution in [1.29, 1.82) is 0 Å². The highest BCUT2D eigenvalue weighted by Gasteiger charge is 2.31. The maximum absolute atomic E-state index is 11.9. The standard InChI is InChI=1S/C11H7F3O6/c12-11(13,14)20-7-3-1-6(2-4-7)19-8(10(17)18)5-9(15)16/h1-5H,(H,15,16)(H,17,18). The summed E-state index contributed by atoms with van der Waals surface area (Å²) in [5, 5.41) is 17.1. The summed E-state index contributed by atoms with van der Waals surface area (Å²) in [7, 11) is 0. The summed E-state index contributed by atoms with van der Waals surface area (Å²) in [6, 6.07) is 3.78. The van der Waals surface area contributed by atoms with Crippen LogP contribution in [0.5, 0.6) is 11.5 Å². The molecule has 0 aliphatic heterocycles. The number of benzene rings is 1. The Morgan fingerprint density at radius 3 is 1.95 bits per heavy atom. The van der Waals surface area contributed by atoms with Crippen LogP contribution < -0.4 is 9.47 Å². The summed E-state index contributed by atoms with van der Waals surface area (Å²) in [5.41, 5.74) is 0. The van der Waals surface area contributed by atoms with Gasteiger partial charge in [0.15, 0.2) is 0 Å². The van der Waals surface area contributed by atoms with Crippen molar-refractivity contribution < 1.29 is 42.4 Å². The highest BCUT2D eigenvalue weighted by molar-refractivity contribution is 5.93. The zero-order valence-electron chi connectivity index (χ0n) is 9.55. The van der Waals surface area contributed by atoms with Crippen LogP contribution in [0.15, 0.2) is 36.1 Å². The molecule has 108 valence electrons. The van der Waals surface area contributed by atoms with E-state index in [-0.39, 0.29) is 5.75 Å². The van der Waals surface area contributed by atoms with E-state index in [4.69, 9.17) is 14.9 Å². The van der Waals surface area contributed by atoms with Gasteiger partial charge in [0, 0.05) is 0 Å². The first-order valence-corrected chi connectivity index (χ1v) is 4.89. The Balaban J connectivity index is 2.83. The molecular weight excluding hydrogens is 285 g/mol. The van der Waals surface area contributed by atoms with Gasteiger partial charge in [-0.3, -0.25) is 0 Å². The molecule has 0 saturated carbocycles. The molecule has 1 rings (SSSR count). The van der Waals surface area contributed by atoms with Crippen molar-refractivity contribution in [3.05, 3.63) is 36.1 Å². The summed E-state index contributed by atoms with van der Waals surface area (Å²) in [6.07, 6.45) is -4.54. The molecule has 0 atom stereocenters. The lowest BCUT2D eigenvalue weighted by Gasteiger charge is -2.10. The number of hydrogen-bond donors (Lipinski definition) is 2. The Kier molecular flexibility index (Phi) is 4.57. The second kappa shape index (κ2) is 5.95. The lowest BCUT2D eigenvalue weighted by atomic mass is 10.3. The van der Waals surface area contributed by atoms with Gasteiger partial charge in [0.2, 0.25) is 5.76 Å². The minimum atomic E-state index is -4.85. The second-order valence-electron chi connectivity index (χ2n) is 3.27. The summed E-state index contributed by atoms with van der Waals surface area (Å²) in [4.78, 5) is 21.0. The van der Waals surface area contributed by atoms with E-state index in [2.05, 4.69) is 4.74 Å². The van der Waals surface area contributed by atoms with Gasteiger partial charge in [-0.2, -0.15) is 0 Å². The van der Waals surface area contributed by atoms with E-state index in [1.165, 1.54) is 0 Å². The molecule has 0 amide bonds. The smallest absolute Gasteiger partial charge is 0.478 e. The minimum Gasteiger partial charge on any atom is -0.478 e. The summed E-state index contributed by atoms with van der Waals surface area (Å²) in [5.74, 6) is -4.75. The molecule has 0 aliphatic carbocycles. The number of aliphatic carboxylic acids is 2. The molecule has 20 heavy (non-hydrogen) atoms. The zero-order chi connectivity index (χ0) is 15.3. The summed E-state index contributed by atoms with van der Waals surface area (Å²) >= 11 is 0. The summed E-state index contributed by atoms with van der Waals surface area (Å²) < 4.78 is 44.0. The molecular formula is C11H7F3O6. The van der Waals surface area contributed by atoms with E-state index in [0.29, 0.717) is 6.08 Å². The molecule has 2 N–H and O–H groups in total. The maximum Gasteiger partial charge on any atom is 0.573 e. The van der Waals surface area contributed by atoms with Crippen molar-refractivity contribution in [3.8, 4) is 11.5 Å². The van der Waals surface area contributed by atoms with Crippen molar-refractivity contribution in [1.82, 2.24) is 0 Å². The molecule has 0 fully saturated rings. The molecule has 0 unspecified atom stereocenters. The van der Waals surface area contributed by atoms with Gasteiger partial charge in [-0.05, 0) is 24.3 Å². The molecule has 9 heteroatoms. The number of hydrogen-bond acceptors (Lipinski definition) is 4. The average molecular weight is 292 g/mol. The Bertz CT molecular complexity index is 532. The van der Waals surface area contributed by atoms with Crippen LogP contribution in [0.2, 0.25) is 0 Å². The van der Waals surface area contributed by atoms with Crippen molar-refractivity contribution in [2.45, 2.75) is 6.36 Å². The van der Waals surface area contributed by atoms with E-state index >= 15 is 0 Å². The molecule has 0 aliphatic rings. The van der Waals surface area contributed by atoms with Crippen LogP contribution in [-0.2, 0) is 9.59 Å². The number of rotatable bonds is 5. The first kappa shape index (κ1) is 15.3. The molecule has 6 nitrogen and oxygen atoms in total. The van der Waals surface area contributed by atoms with E-state index in [0.717, 1.165) is 24.3 Å². The highest BCUT2D eigenvalue weighted by Crippen LogP contribution is 2.25. The Morgan fingerprint density at radius 2 is 1.55 bits per heavy atom. The molecule has 0 heterocycles. The summed E-state index contributed by atoms with van der Waals surface area (Å²) in [6.45, 7) is 0. The van der Waals surface area contributed by atoms with E-state index in [9.17, 15) is 22.8 Å². The Morgan fingerprint density at radius 1 is 1.05 bits per heavy atom. The van der Waals surface area contributed by atoms with Gasteiger partial charge in [0.25, 0.3) is 0 Å². The zero-order valence-corrected chi connectivity index (χ0v) is 9.55. The van der Waals surface area contributed by atoms with Gasteiger partial charge >= 0.3 is 18.3 Å². The topological polar surface area (TPSA) is 93.1 Å². The molecule has 0 aromatic heterocycles. The van der Waals surface area contributed by atoms with Crippen LogP contribution in [0, 0.1) is 0 Å². The van der Waals surface area contributed by atoms with Crippen molar-refractivity contribution in [2.24, 2.45) is 0 Å². The normalized spacial score (nSPS) is 11.8. The van der Waals surface area contributed by atoms with E-state index in [1.54, 1.807) is 0 Å². The van der Waals surface area contributed by atoms with Crippen molar-refractivity contribution >= 4 is 11.9 Å². The number of ether oxygens (including phenoxy) is 2. The predicted octanol–water partition coefficient (Wildman–Crippen LogP) is 2.02. The number of halogens is 3. The van der Waals surface area contributed by atoms with Gasteiger partial charge in [0.05, 0.1) is 6.08 Å². The number of alkyl halides is 3. The first-order chi connectivity index (χ1) is 9.17. The average Bonchev–Trinajstić information content (AvgIpc) is 2.28. The fourth-order valence-corrected chi connectivity index (χ4v) is 1.08. The Labute approximate surface area is 109 Å². The third kappa shape index (κ3) is 5.29. The predicted molar refractivity (Wildman–Crippen MR) is 57.1 cm³/mol. The van der Waals surface area contributed by atoms with Crippen LogP contribution >= 0.6 is 0 Å². The van der Waals surface area contributed by atoms with Crippen molar-refractivity contribution in [3.63, 3.8) is 0 Å². The third-order valence-corrected chi connectivity index (χ3v) is 1.75. The fourth-order valence-electron chi connectivity index (χ4n) is 1.08. The lowest BCUT2D eigenvalue weighted by Crippen LogP contribution is -2.17. The third-order valence-electron chi connectivity index (χ3n) is 1.75. The largest absolute Gasteiger partial charge is 0.573 e. The maximum atomic E-state index is 11.9. The SMILES string of the molecule is O=C(O)C=C(Oc1ccc(OC(F)(F)F)cc1)C(=O)O. The van der Waals surface area contributed by atoms with Gasteiger partial charge in [0.1, 0.15) is 11.5 Å². The number of carboxylic acids is 2. The van der Waals surface area contributed by atoms with Crippen LogP contribution in [0.25, 0.3) is 0 Å². The first-order valence-electron chi connectivity index (χ1n) is 4.89. The van der Waals surface area contributed by atoms with Gasteiger partial charge in [-0.15, -0.1) is 13.2 Å². The molecule has 1 aromatic carbocycles. The van der Waals surface area contributed by atoms with Crippen LogP contribution in [0.4, 0.5) is 13.2 Å². The van der Waals surface area contributed by atoms with Crippen LogP contribution in [0.3, 0.4) is 0 Å². The minimum absolute atomic E-state index is 0.158. The Hall–Kier alpha value is -2.71. The highest BCUT2D eigenvalue weighted by atomic mass is 19.4. The van der Waals surface area contributed by atoms with Gasteiger partial charge < -0.3 is 19.7 Å². The van der Waals surface area contributed by atoms with E-state index < -0.39 is 29.8 Å². The molecule has 0 bridgehead atoms. The van der Waals surface area contributed by atoms with Crippen molar-refractivity contribution in [2.75, 3.05) is 0 Å². The second-order valence-corrected chi connectivity index (χ2v) is 3.27. The molecule has 0 spiro atoms. The van der Waals surface area contributed by atoms with E-state index in [1.807, 2.05) is 0 Å². The lowest BCUT2D eigenvalue weighted by molar-refractivity contribution is -0.274. The van der Waals surface area contributed by atoms with Crippen LogP contribution in [-0.4, -0.2) is 28.5 Å². The number of carbonyl (C=O) groups is 2. The quantitative estimate of drug-likeness (QED) is 0.637. The number of carboxylic acid groups (broad SMARTS) is 2. The van der Waals surface area contributed by atoms with Crippen LogP contribution in [0.1, 0.15) is 0 Å². The van der Waals surface area contributed by atoms with Gasteiger partial charge in [-0.1, -0.05) is 0 Å². The molecule has 0 saturated heterocycles. The van der Waals surface area contributed by atoms with Gasteiger partial charge in [-0.25, -0.2) is 9.59 Å². The molecule has 0 radical (unpaired) electrons.